The van der Waals surface area contributed by atoms with Gasteiger partial charge in [0.05, 0.1) is 14.2 Å². The van der Waals surface area contributed by atoms with Gasteiger partial charge in [0.1, 0.15) is 11.5 Å². The van der Waals surface area contributed by atoms with Gasteiger partial charge in [-0.1, -0.05) is 18.2 Å². The van der Waals surface area contributed by atoms with Crippen LogP contribution in [-0.4, -0.2) is 37.1 Å². The van der Waals surface area contributed by atoms with Crippen LogP contribution in [-0.2, 0) is 9.53 Å². The summed E-state index contributed by atoms with van der Waals surface area (Å²) in [6.07, 6.45) is 3.57. The lowest BCUT2D eigenvalue weighted by Crippen LogP contribution is -2.23. The van der Waals surface area contributed by atoms with Gasteiger partial charge in [-0.25, -0.2) is 4.79 Å². The zero-order valence-corrected chi connectivity index (χ0v) is 15.9. The van der Waals surface area contributed by atoms with E-state index in [1.165, 1.54) is 13.2 Å². The Kier molecular flexibility index (Phi) is 5.79. The number of esters is 1. The monoisotopic (exact) mass is 379 g/mol. The van der Waals surface area contributed by atoms with Crippen molar-refractivity contribution in [1.82, 2.24) is 4.98 Å². The van der Waals surface area contributed by atoms with Crippen molar-refractivity contribution in [2.24, 2.45) is 0 Å². The number of methoxy groups -OCH3 is 2. The summed E-state index contributed by atoms with van der Waals surface area (Å²) in [6, 6.07) is 12.7. The summed E-state index contributed by atoms with van der Waals surface area (Å²) < 4.78 is 15.7. The molecule has 1 N–H and O–H groups in total. The van der Waals surface area contributed by atoms with Crippen molar-refractivity contribution in [3.05, 3.63) is 65.9 Å². The number of rotatable bonds is 7. The van der Waals surface area contributed by atoms with E-state index >= 15 is 0 Å². The molecule has 1 atom stereocenters. The molecule has 3 aromatic rings. The summed E-state index contributed by atoms with van der Waals surface area (Å²) in [5, 5.41) is 0.800. The molecule has 28 heavy (non-hydrogen) atoms. The highest BCUT2D eigenvalue weighted by molar-refractivity contribution is 6.10. The molecule has 0 aliphatic carbocycles. The van der Waals surface area contributed by atoms with Crippen LogP contribution in [0.2, 0.25) is 0 Å². The second-order valence-electron chi connectivity index (χ2n) is 6.13. The smallest absolute Gasteiger partial charge is 0.331 e. The zero-order chi connectivity index (χ0) is 20.1. The molecular weight excluding hydrogens is 358 g/mol. The number of para-hydroxylation sites is 1. The topological polar surface area (TPSA) is 77.6 Å². The molecule has 2 aromatic carbocycles. The first-order chi connectivity index (χ1) is 13.5. The maximum atomic E-state index is 12.6. The number of H-pyrrole nitrogens is 1. The number of ketones is 1. The zero-order valence-electron chi connectivity index (χ0n) is 15.9. The molecule has 1 unspecified atom stereocenters. The molecule has 0 saturated carbocycles. The van der Waals surface area contributed by atoms with Crippen molar-refractivity contribution in [3.8, 4) is 11.5 Å². The van der Waals surface area contributed by atoms with E-state index in [-0.39, 0.29) is 5.78 Å². The number of fused-ring (bicyclic) bond motifs is 1. The predicted molar refractivity (Wildman–Crippen MR) is 107 cm³/mol. The summed E-state index contributed by atoms with van der Waals surface area (Å²) in [7, 11) is 3.10. The van der Waals surface area contributed by atoms with E-state index in [0.717, 1.165) is 10.9 Å². The van der Waals surface area contributed by atoms with Crippen LogP contribution in [0.5, 0.6) is 11.5 Å². The van der Waals surface area contributed by atoms with Crippen molar-refractivity contribution < 1.29 is 23.8 Å². The molecule has 0 saturated heterocycles. The number of hydrogen-bond acceptors (Lipinski definition) is 5. The standard InChI is InChI=1S/C22H21NO5/c1-14(22(25)18-13-23-19-7-5-4-6-17(18)19)28-21(24)11-9-15-8-10-16(26-2)12-20(15)27-3/h4-14,23H,1-3H3/b11-9+. The normalized spacial score (nSPS) is 12.1. The summed E-state index contributed by atoms with van der Waals surface area (Å²) in [5.41, 5.74) is 2.04. The van der Waals surface area contributed by atoms with Gasteiger partial charge in [-0.2, -0.15) is 0 Å². The minimum absolute atomic E-state index is 0.263. The van der Waals surface area contributed by atoms with Gasteiger partial charge in [0.2, 0.25) is 5.78 Å². The predicted octanol–water partition coefficient (Wildman–Crippen LogP) is 4.01. The number of Topliss-reactive ketones (excluding diaryl/α,β-unsaturated/α-hetero) is 1. The number of benzene rings is 2. The summed E-state index contributed by atoms with van der Waals surface area (Å²) >= 11 is 0. The van der Waals surface area contributed by atoms with Gasteiger partial charge < -0.3 is 19.2 Å². The fraction of sp³-hybridized carbons (Fsp3) is 0.182. The van der Waals surface area contributed by atoms with E-state index in [0.29, 0.717) is 22.6 Å². The highest BCUT2D eigenvalue weighted by atomic mass is 16.5. The number of aromatic amines is 1. The van der Waals surface area contributed by atoms with Crippen LogP contribution < -0.4 is 9.47 Å². The highest BCUT2D eigenvalue weighted by Gasteiger charge is 2.21. The minimum Gasteiger partial charge on any atom is -0.497 e. The van der Waals surface area contributed by atoms with Gasteiger partial charge in [-0.3, -0.25) is 4.79 Å². The quantitative estimate of drug-likeness (QED) is 0.381. The first-order valence-corrected chi connectivity index (χ1v) is 8.74. The van der Waals surface area contributed by atoms with E-state index in [2.05, 4.69) is 4.98 Å². The van der Waals surface area contributed by atoms with E-state index in [1.807, 2.05) is 24.3 Å². The lowest BCUT2D eigenvalue weighted by Gasteiger charge is -2.10. The Morgan fingerprint density at radius 3 is 2.61 bits per heavy atom. The number of aromatic nitrogens is 1. The molecule has 0 spiro atoms. The molecule has 6 heteroatoms. The molecule has 0 bridgehead atoms. The largest absolute Gasteiger partial charge is 0.497 e. The fourth-order valence-corrected chi connectivity index (χ4v) is 2.88. The second-order valence-corrected chi connectivity index (χ2v) is 6.13. The average Bonchev–Trinajstić information content (AvgIpc) is 3.15. The van der Waals surface area contributed by atoms with Gasteiger partial charge in [-0.05, 0) is 31.2 Å². The van der Waals surface area contributed by atoms with Gasteiger partial charge in [0, 0.05) is 40.4 Å². The second kappa shape index (κ2) is 8.43. The molecule has 0 aliphatic rings. The van der Waals surface area contributed by atoms with E-state index in [1.54, 1.807) is 44.5 Å². The molecule has 144 valence electrons. The maximum Gasteiger partial charge on any atom is 0.331 e. The maximum absolute atomic E-state index is 12.6. The van der Waals surface area contributed by atoms with Crippen LogP contribution in [0.3, 0.4) is 0 Å². The Hall–Kier alpha value is -3.54. The average molecular weight is 379 g/mol. The number of carbonyl (C=O) groups is 2. The summed E-state index contributed by atoms with van der Waals surface area (Å²) in [5.74, 6) is 0.334. The third kappa shape index (κ3) is 4.06. The van der Waals surface area contributed by atoms with E-state index < -0.39 is 12.1 Å². The van der Waals surface area contributed by atoms with Crippen LogP contribution in [0.1, 0.15) is 22.8 Å². The van der Waals surface area contributed by atoms with Gasteiger partial charge in [0.25, 0.3) is 0 Å². The molecular formula is C22H21NO5. The minimum atomic E-state index is -0.908. The molecule has 1 aromatic heterocycles. The van der Waals surface area contributed by atoms with Crippen molar-refractivity contribution in [1.29, 1.82) is 0 Å². The molecule has 1 heterocycles. The Balaban J connectivity index is 1.69. The Morgan fingerprint density at radius 2 is 1.86 bits per heavy atom. The Bertz CT molecular complexity index is 1030. The molecule has 0 fully saturated rings. The van der Waals surface area contributed by atoms with Crippen LogP contribution in [0.4, 0.5) is 0 Å². The molecule has 0 radical (unpaired) electrons. The van der Waals surface area contributed by atoms with E-state index in [9.17, 15) is 9.59 Å². The van der Waals surface area contributed by atoms with Gasteiger partial charge in [-0.15, -0.1) is 0 Å². The number of carbonyl (C=O) groups excluding carboxylic acids is 2. The Labute approximate surface area is 162 Å². The van der Waals surface area contributed by atoms with Crippen molar-refractivity contribution in [2.75, 3.05) is 14.2 Å². The third-order valence-electron chi connectivity index (χ3n) is 4.36. The first kappa shape index (κ1) is 19.2. The lowest BCUT2D eigenvalue weighted by molar-refractivity contribution is -0.140. The van der Waals surface area contributed by atoms with Gasteiger partial charge in [0.15, 0.2) is 6.10 Å². The molecule has 0 amide bonds. The highest BCUT2D eigenvalue weighted by Crippen LogP contribution is 2.25. The first-order valence-electron chi connectivity index (χ1n) is 8.74. The van der Waals surface area contributed by atoms with Crippen LogP contribution in [0, 0.1) is 0 Å². The summed E-state index contributed by atoms with van der Waals surface area (Å²) in [6.45, 7) is 1.56. The van der Waals surface area contributed by atoms with Gasteiger partial charge >= 0.3 is 5.97 Å². The number of ether oxygens (including phenoxy) is 3. The van der Waals surface area contributed by atoms with Crippen LogP contribution in [0.15, 0.2) is 54.7 Å². The fourth-order valence-electron chi connectivity index (χ4n) is 2.88. The number of hydrogen-bond donors (Lipinski definition) is 1. The Morgan fingerprint density at radius 1 is 1.07 bits per heavy atom. The van der Waals surface area contributed by atoms with Crippen LogP contribution >= 0.6 is 0 Å². The third-order valence-corrected chi connectivity index (χ3v) is 4.36. The van der Waals surface area contributed by atoms with Crippen LogP contribution in [0.25, 0.3) is 17.0 Å². The van der Waals surface area contributed by atoms with Crippen molar-refractivity contribution >= 4 is 28.7 Å². The lowest BCUT2D eigenvalue weighted by atomic mass is 10.1. The summed E-state index contributed by atoms with van der Waals surface area (Å²) in [4.78, 5) is 27.8. The van der Waals surface area contributed by atoms with Crippen molar-refractivity contribution in [3.63, 3.8) is 0 Å². The van der Waals surface area contributed by atoms with Crippen molar-refractivity contribution in [2.45, 2.75) is 13.0 Å². The SMILES string of the molecule is COc1ccc(/C=C/C(=O)OC(C)C(=O)c2c[nH]c3ccccc23)c(OC)c1. The molecule has 3 rings (SSSR count). The molecule has 0 aliphatic heterocycles. The van der Waals surface area contributed by atoms with E-state index in [4.69, 9.17) is 14.2 Å². The number of nitrogens with one attached hydrogen (secondary N) is 1. The molecule has 6 nitrogen and oxygen atoms in total.